The van der Waals surface area contributed by atoms with Gasteiger partial charge in [0, 0.05) is 16.6 Å². The third-order valence-electron chi connectivity index (χ3n) is 4.57. The molecule has 2 saturated heterocycles. The summed E-state index contributed by atoms with van der Waals surface area (Å²) >= 11 is 3.35. The van der Waals surface area contributed by atoms with Gasteiger partial charge >= 0.3 is 6.03 Å². The number of amides is 3. The number of carbonyl (C=O) groups excluding carboxylic acids is 2. The third kappa shape index (κ3) is 4.33. The van der Waals surface area contributed by atoms with Crippen molar-refractivity contribution in [1.29, 1.82) is 0 Å². The molecule has 3 rings (SSSR count). The first-order chi connectivity index (χ1) is 11.8. The fraction of sp³-hybridized carbons (Fsp3) is 0.500. The quantitative estimate of drug-likeness (QED) is 0.473. The Morgan fingerprint density at radius 3 is 2.84 bits per heavy atom. The summed E-state index contributed by atoms with van der Waals surface area (Å²) < 4.78 is 25.3. The Bertz CT molecular complexity index is 783. The summed E-state index contributed by atoms with van der Waals surface area (Å²) in [5.74, 6) is -0.106. The molecule has 2 aliphatic heterocycles. The number of benzene rings is 1. The molecule has 1 aromatic carbocycles. The molecule has 3 amide bonds. The predicted molar refractivity (Wildman–Crippen MR) is 98.1 cm³/mol. The van der Waals surface area contributed by atoms with Gasteiger partial charge in [0.2, 0.25) is 5.91 Å². The SMILES string of the molecule is O=C(CCCC[C@@H]1[C@@H]2NC(=O)N[C@@H]2CS1(=O)=O)Nc1cccc(Br)c1. The lowest BCUT2D eigenvalue weighted by Gasteiger charge is -2.16. The summed E-state index contributed by atoms with van der Waals surface area (Å²) in [5.41, 5.74) is 0.723. The summed E-state index contributed by atoms with van der Waals surface area (Å²) in [4.78, 5) is 23.3. The van der Waals surface area contributed by atoms with Crippen LogP contribution in [0.2, 0.25) is 0 Å². The fourth-order valence-electron chi connectivity index (χ4n) is 3.43. The minimum absolute atomic E-state index is 0.00948. The van der Waals surface area contributed by atoms with E-state index >= 15 is 0 Å². The van der Waals surface area contributed by atoms with Gasteiger partial charge in [0.05, 0.1) is 23.1 Å². The minimum Gasteiger partial charge on any atom is -0.332 e. The number of anilines is 1. The molecule has 3 atom stereocenters. The highest BCUT2D eigenvalue weighted by molar-refractivity contribution is 9.10. The van der Waals surface area contributed by atoms with E-state index in [-0.39, 0.29) is 29.8 Å². The van der Waals surface area contributed by atoms with Gasteiger partial charge in [-0.05, 0) is 31.0 Å². The number of halogens is 1. The molecule has 0 bridgehead atoms. The number of hydrogen-bond donors (Lipinski definition) is 3. The van der Waals surface area contributed by atoms with Crippen LogP contribution in [0.4, 0.5) is 10.5 Å². The molecule has 136 valence electrons. The van der Waals surface area contributed by atoms with Gasteiger partial charge in [-0.3, -0.25) is 4.79 Å². The van der Waals surface area contributed by atoms with Crippen molar-refractivity contribution >= 4 is 43.4 Å². The Hall–Kier alpha value is -1.61. The van der Waals surface area contributed by atoms with Crippen molar-refractivity contribution in [1.82, 2.24) is 10.6 Å². The lowest BCUT2D eigenvalue weighted by atomic mass is 10.0. The Morgan fingerprint density at radius 1 is 1.28 bits per heavy atom. The molecule has 0 aromatic heterocycles. The van der Waals surface area contributed by atoms with Crippen molar-refractivity contribution in [2.45, 2.75) is 43.0 Å². The Labute approximate surface area is 155 Å². The molecule has 0 radical (unpaired) electrons. The number of sulfone groups is 1. The summed E-state index contributed by atoms with van der Waals surface area (Å²) in [6.07, 6.45) is 2.01. The summed E-state index contributed by atoms with van der Waals surface area (Å²) in [6.45, 7) is 0. The van der Waals surface area contributed by atoms with Crippen molar-refractivity contribution in [3.8, 4) is 0 Å². The number of rotatable bonds is 6. The molecular formula is C16H20BrN3O4S. The molecule has 0 aliphatic carbocycles. The van der Waals surface area contributed by atoms with E-state index in [0.717, 1.165) is 10.2 Å². The van der Waals surface area contributed by atoms with E-state index in [0.29, 0.717) is 25.7 Å². The van der Waals surface area contributed by atoms with Crippen molar-refractivity contribution in [2.24, 2.45) is 0 Å². The first kappa shape index (κ1) is 18.2. The molecule has 2 fully saturated rings. The lowest BCUT2D eigenvalue weighted by molar-refractivity contribution is -0.116. The van der Waals surface area contributed by atoms with E-state index in [1.165, 1.54) is 0 Å². The number of hydrogen-bond acceptors (Lipinski definition) is 4. The smallest absolute Gasteiger partial charge is 0.315 e. The Kier molecular flexibility index (Phi) is 5.33. The van der Waals surface area contributed by atoms with Gasteiger partial charge in [-0.2, -0.15) is 0 Å². The average Bonchev–Trinajstić information content (AvgIpc) is 2.96. The van der Waals surface area contributed by atoms with Crippen molar-refractivity contribution < 1.29 is 18.0 Å². The van der Waals surface area contributed by atoms with E-state index in [1.54, 1.807) is 0 Å². The second-order valence-electron chi connectivity index (χ2n) is 6.42. The normalized spacial score (nSPS) is 26.6. The molecule has 0 spiro atoms. The van der Waals surface area contributed by atoms with E-state index < -0.39 is 15.1 Å². The average molecular weight is 430 g/mol. The van der Waals surface area contributed by atoms with Crippen LogP contribution in [0.15, 0.2) is 28.7 Å². The van der Waals surface area contributed by atoms with Crippen LogP contribution in [-0.4, -0.2) is 43.4 Å². The summed E-state index contributed by atoms with van der Waals surface area (Å²) in [7, 11) is -3.21. The number of urea groups is 1. The van der Waals surface area contributed by atoms with Gasteiger partial charge in [-0.1, -0.05) is 28.4 Å². The monoisotopic (exact) mass is 429 g/mol. The van der Waals surface area contributed by atoms with Crippen LogP contribution in [0.25, 0.3) is 0 Å². The van der Waals surface area contributed by atoms with Crippen LogP contribution in [0.3, 0.4) is 0 Å². The maximum absolute atomic E-state index is 12.2. The van der Waals surface area contributed by atoms with Gasteiger partial charge in [0.15, 0.2) is 9.84 Å². The largest absolute Gasteiger partial charge is 0.332 e. The van der Waals surface area contributed by atoms with Crippen LogP contribution in [0, 0.1) is 0 Å². The highest BCUT2D eigenvalue weighted by Gasteiger charge is 2.51. The number of carbonyl (C=O) groups is 2. The fourth-order valence-corrected chi connectivity index (χ4v) is 6.09. The van der Waals surface area contributed by atoms with Crippen molar-refractivity contribution in [3.05, 3.63) is 28.7 Å². The predicted octanol–water partition coefficient (Wildman–Crippen LogP) is 1.80. The maximum Gasteiger partial charge on any atom is 0.315 e. The molecule has 2 heterocycles. The van der Waals surface area contributed by atoms with Crippen molar-refractivity contribution in [2.75, 3.05) is 11.1 Å². The number of fused-ring (bicyclic) bond motifs is 1. The van der Waals surface area contributed by atoms with Gasteiger partial charge in [-0.25, -0.2) is 13.2 Å². The zero-order valence-electron chi connectivity index (χ0n) is 13.5. The minimum atomic E-state index is -3.21. The van der Waals surface area contributed by atoms with Gasteiger partial charge in [-0.15, -0.1) is 0 Å². The molecule has 9 heteroatoms. The topological polar surface area (TPSA) is 104 Å². The van der Waals surface area contributed by atoms with E-state index in [2.05, 4.69) is 31.9 Å². The van der Waals surface area contributed by atoms with E-state index in [4.69, 9.17) is 0 Å². The van der Waals surface area contributed by atoms with Crippen LogP contribution in [-0.2, 0) is 14.6 Å². The maximum atomic E-state index is 12.2. The summed E-state index contributed by atoms with van der Waals surface area (Å²) in [6, 6.07) is 6.36. The molecule has 7 nitrogen and oxygen atoms in total. The molecule has 1 aromatic rings. The van der Waals surface area contributed by atoms with Gasteiger partial charge < -0.3 is 16.0 Å². The Balaban J connectivity index is 1.45. The number of unbranched alkanes of at least 4 members (excludes halogenated alkanes) is 1. The van der Waals surface area contributed by atoms with E-state index in [9.17, 15) is 18.0 Å². The van der Waals surface area contributed by atoms with Crippen LogP contribution in [0.1, 0.15) is 25.7 Å². The van der Waals surface area contributed by atoms with Gasteiger partial charge in [0.1, 0.15) is 0 Å². The molecular weight excluding hydrogens is 410 g/mol. The van der Waals surface area contributed by atoms with Crippen LogP contribution < -0.4 is 16.0 Å². The molecule has 0 saturated carbocycles. The highest BCUT2D eigenvalue weighted by atomic mass is 79.9. The number of nitrogens with one attached hydrogen (secondary N) is 3. The third-order valence-corrected chi connectivity index (χ3v) is 7.34. The first-order valence-electron chi connectivity index (χ1n) is 8.19. The molecule has 25 heavy (non-hydrogen) atoms. The molecule has 3 N–H and O–H groups in total. The zero-order valence-corrected chi connectivity index (χ0v) is 15.9. The zero-order chi connectivity index (χ0) is 18.0. The summed E-state index contributed by atoms with van der Waals surface area (Å²) in [5, 5.41) is 7.59. The molecule has 2 aliphatic rings. The second kappa shape index (κ2) is 7.33. The van der Waals surface area contributed by atoms with Gasteiger partial charge in [0.25, 0.3) is 0 Å². The lowest BCUT2D eigenvalue weighted by Crippen LogP contribution is -2.39. The van der Waals surface area contributed by atoms with E-state index in [1.807, 2.05) is 24.3 Å². The second-order valence-corrected chi connectivity index (χ2v) is 9.60. The molecule has 0 unspecified atom stereocenters. The first-order valence-corrected chi connectivity index (χ1v) is 10.7. The Morgan fingerprint density at radius 2 is 2.08 bits per heavy atom. The highest BCUT2D eigenvalue weighted by Crippen LogP contribution is 2.28. The van der Waals surface area contributed by atoms with Crippen LogP contribution in [0.5, 0.6) is 0 Å². The van der Waals surface area contributed by atoms with Crippen LogP contribution >= 0.6 is 15.9 Å². The standard InChI is InChI=1S/C16H20BrN3O4S/c17-10-4-3-5-11(8-10)18-14(21)7-2-1-6-13-15-12(9-25(13,23)24)19-16(22)20-15/h3-5,8,12-13,15H,1-2,6-7,9H2,(H,18,21)(H2,19,20,22)/t12-,13-,15-/m1/s1. The van der Waals surface area contributed by atoms with Crippen molar-refractivity contribution in [3.63, 3.8) is 0 Å².